The molecule has 12 heteroatoms. The molecule has 50 heavy (non-hydrogen) atoms. The van der Waals surface area contributed by atoms with E-state index in [-0.39, 0.29) is 38.2 Å². The number of ketones is 1. The summed E-state index contributed by atoms with van der Waals surface area (Å²) in [5.41, 5.74) is 5.83. The minimum atomic E-state index is -1.39. The van der Waals surface area contributed by atoms with Crippen LogP contribution >= 0.6 is 0 Å². The van der Waals surface area contributed by atoms with E-state index in [9.17, 15) is 28.8 Å². The Morgan fingerprint density at radius 3 is 2.08 bits per heavy atom. The summed E-state index contributed by atoms with van der Waals surface area (Å²) in [6.07, 6.45) is 0.559. The number of carbonyl (C=O) groups is 6. The molecule has 1 saturated carbocycles. The van der Waals surface area contributed by atoms with Crippen molar-refractivity contribution in [2.24, 2.45) is 17.6 Å². The van der Waals surface area contributed by atoms with Gasteiger partial charge in [0.25, 0.3) is 5.91 Å². The highest BCUT2D eigenvalue weighted by atomic mass is 16.5. The van der Waals surface area contributed by atoms with Crippen molar-refractivity contribution in [3.05, 3.63) is 83.9 Å². The van der Waals surface area contributed by atoms with Gasteiger partial charge in [0.2, 0.25) is 23.5 Å². The van der Waals surface area contributed by atoms with E-state index in [1.807, 2.05) is 81.4 Å². The number of rotatable bonds is 17. The van der Waals surface area contributed by atoms with Crippen LogP contribution in [-0.4, -0.2) is 59.2 Å². The highest BCUT2D eigenvalue weighted by Crippen LogP contribution is 2.36. The summed E-state index contributed by atoms with van der Waals surface area (Å²) in [7, 11) is 0. The molecule has 1 aliphatic rings. The highest BCUT2D eigenvalue weighted by molar-refractivity contribution is 6.39. The zero-order valence-electron chi connectivity index (χ0n) is 29.0. The van der Waals surface area contributed by atoms with E-state index in [0.717, 1.165) is 21.9 Å². The van der Waals surface area contributed by atoms with E-state index in [1.54, 1.807) is 19.1 Å². The first-order valence-electron chi connectivity index (χ1n) is 17.0. The first kappa shape index (κ1) is 37.6. The predicted octanol–water partition coefficient (Wildman–Crippen LogP) is 3.44. The average Bonchev–Trinajstić information content (AvgIpc) is 3.89. The van der Waals surface area contributed by atoms with Crippen molar-refractivity contribution in [3.63, 3.8) is 0 Å². The Labute approximate surface area is 292 Å². The number of Topliss-reactive ketones (excluding diaryl/α,β-unsaturated/α-hetero) is 1. The fraction of sp³-hybridized carbons (Fsp3) is 0.421. The van der Waals surface area contributed by atoms with Crippen LogP contribution in [0.1, 0.15) is 64.5 Å². The van der Waals surface area contributed by atoms with Crippen molar-refractivity contribution in [1.29, 1.82) is 0 Å². The Bertz CT molecular complexity index is 1710. The quantitative estimate of drug-likeness (QED) is 0.135. The van der Waals surface area contributed by atoms with Crippen LogP contribution in [0.15, 0.2) is 72.8 Å². The summed E-state index contributed by atoms with van der Waals surface area (Å²) in [5.74, 6) is -4.42. The second-order valence-corrected chi connectivity index (χ2v) is 13.5. The normalized spacial score (nSPS) is 15.5. The Kier molecular flexibility index (Phi) is 12.7. The van der Waals surface area contributed by atoms with Gasteiger partial charge in [0.1, 0.15) is 24.2 Å². The van der Waals surface area contributed by atoms with Crippen molar-refractivity contribution in [1.82, 2.24) is 21.3 Å². The smallest absolute Gasteiger partial charge is 0.408 e. The largest absolute Gasteiger partial charge is 0.445 e. The lowest BCUT2D eigenvalue weighted by atomic mass is 9.93. The number of hydrogen-bond acceptors (Lipinski definition) is 7. The molecule has 1 aliphatic carbocycles. The third-order valence-electron chi connectivity index (χ3n) is 8.99. The van der Waals surface area contributed by atoms with Crippen LogP contribution in [0, 0.1) is 11.8 Å². The lowest BCUT2D eigenvalue weighted by Crippen LogP contribution is -2.59. The number of nitrogens with one attached hydrogen (secondary N) is 4. The van der Waals surface area contributed by atoms with Gasteiger partial charge in [-0.15, -0.1) is 0 Å². The molecule has 0 bridgehead atoms. The van der Waals surface area contributed by atoms with Gasteiger partial charge >= 0.3 is 6.09 Å². The van der Waals surface area contributed by atoms with Crippen LogP contribution < -0.4 is 27.0 Å². The monoisotopic (exact) mass is 685 g/mol. The molecular weight excluding hydrogens is 638 g/mol. The molecule has 6 N–H and O–H groups in total. The molecule has 4 atom stereocenters. The molecule has 3 aromatic rings. The fourth-order valence-electron chi connectivity index (χ4n) is 5.64. The third-order valence-corrected chi connectivity index (χ3v) is 8.99. The number of ether oxygens (including phenoxy) is 1. The van der Waals surface area contributed by atoms with Gasteiger partial charge in [-0.05, 0) is 53.0 Å². The number of nitrogens with two attached hydrogens (primary N) is 1. The lowest BCUT2D eigenvalue weighted by molar-refractivity contribution is -0.143. The van der Waals surface area contributed by atoms with Crippen molar-refractivity contribution in [2.45, 2.75) is 90.1 Å². The van der Waals surface area contributed by atoms with E-state index in [2.05, 4.69) is 21.3 Å². The van der Waals surface area contributed by atoms with Crippen molar-refractivity contribution >= 4 is 46.3 Å². The van der Waals surface area contributed by atoms with E-state index >= 15 is 0 Å². The molecule has 12 nitrogen and oxygen atoms in total. The van der Waals surface area contributed by atoms with Crippen LogP contribution in [-0.2, 0) is 41.7 Å². The molecule has 0 heterocycles. The Hall–Kier alpha value is -5.26. The molecule has 5 amide bonds. The molecular formula is C38H47N5O7. The number of alkyl carbamates (subject to hydrolysis) is 1. The second kappa shape index (κ2) is 16.9. The summed E-state index contributed by atoms with van der Waals surface area (Å²) in [6, 6.07) is 19.2. The predicted molar refractivity (Wildman–Crippen MR) is 188 cm³/mol. The number of carbonyl (C=O) groups excluding carboxylic acids is 6. The maximum atomic E-state index is 13.6. The van der Waals surface area contributed by atoms with Gasteiger partial charge in [-0.1, -0.05) is 107 Å². The van der Waals surface area contributed by atoms with E-state index in [0.29, 0.717) is 6.42 Å². The van der Waals surface area contributed by atoms with Crippen molar-refractivity contribution in [2.75, 3.05) is 0 Å². The molecule has 1 unspecified atom stereocenters. The molecule has 3 aromatic carbocycles. The van der Waals surface area contributed by atoms with Crippen LogP contribution in [0.3, 0.4) is 0 Å². The summed E-state index contributed by atoms with van der Waals surface area (Å²) in [5, 5.41) is 12.5. The van der Waals surface area contributed by atoms with Gasteiger partial charge in [-0.25, -0.2) is 4.79 Å². The van der Waals surface area contributed by atoms with Crippen molar-refractivity contribution in [3.8, 4) is 0 Å². The van der Waals surface area contributed by atoms with Gasteiger partial charge in [0.15, 0.2) is 0 Å². The highest BCUT2D eigenvalue weighted by Gasteiger charge is 2.53. The zero-order valence-corrected chi connectivity index (χ0v) is 29.0. The lowest BCUT2D eigenvalue weighted by Gasteiger charge is -2.27. The fourth-order valence-corrected chi connectivity index (χ4v) is 5.64. The Balaban J connectivity index is 1.39. The Morgan fingerprint density at radius 2 is 1.46 bits per heavy atom. The molecule has 4 rings (SSSR count). The number of benzene rings is 3. The van der Waals surface area contributed by atoms with Gasteiger partial charge < -0.3 is 31.7 Å². The number of fused-ring (bicyclic) bond motifs is 1. The van der Waals surface area contributed by atoms with Gasteiger partial charge in [-0.3, -0.25) is 24.0 Å². The van der Waals surface area contributed by atoms with Gasteiger partial charge in [0, 0.05) is 6.42 Å². The molecule has 0 aromatic heterocycles. The minimum absolute atomic E-state index is 0.0000703. The Morgan fingerprint density at radius 1 is 0.800 bits per heavy atom. The van der Waals surface area contributed by atoms with E-state index < -0.39 is 65.1 Å². The molecule has 0 saturated heterocycles. The second-order valence-electron chi connectivity index (χ2n) is 13.5. The third kappa shape index (κ3) is 10.1. The topological polar surface area (TPSA) is 186 Å². The molecule has 0 radical (unpaired) electrons. The van der Waals surface area contributed by atoms with Gasteiger partial charge in [-0.2, -0.15) is 0 Å². The molecule has 1 fully saturated rings. The number of amides is 5. The number of hydrogen-bond donors (Lipinski definition) is 5. The van der Waals surface area contributed by atoms with Crippen LogP contribution in [0.25, 0.3) is 10.8 Å². The minimum Gasteiger partial charge on any atom is -0.445 e. The van der Waals surface area contributed by atoms with E-state index in [4.69, 9.17) is 10.5 Å². The summed E-state index contributed by atoms with van der Waals surface area (Å²) in [4.78, 5) is 78.8. The maximum absolute atomic E-state index is 13.6. The zero-order chi connectivity index (χ0) is 36.4. The summed E-state index contributed by atoms with van der Waals surface area (Å²) >= 11 is 0. The molecule has 0 spiro atoms. The number of primary amides is 1. The summed E-state index contributed by atoms with van der Waals surface area (Å²) < 4.78 is 5.30. The first-order valence-corrected chi connectivity index (χ1v) is 17.0. The first-order chi connectivity index (χ1) is 23.8. The standard InChI is InChI=1S/C38H47N5O7/c1-5-24(4)31(42-34(46)30(19-23(2)3)41-37(49)50-22-25-11-7-6-8-12-25)32(44)35(47)43-38(17-18-38)36(48)40-29(33(39)45)21-26-15-16-27-13-9-10-14-28(27)20-26/h6-16,20,23-24,29-31H,5,17-19,21-22H2,1-4H3,(H2,39,45)(H,40,48)(H,41,49)(H,42,46)(H,43,47)/t24-,29-,30-,31?/m0/s1. The SMILES string of the molecule is CC[C@H](C)C(NC(=O)[C@H](CC(C)C)NC(=O)OCc1ccccc1)C(=O)C(=O)NC1(C(=O)N[C@@H](Cc2ccc3ccccc3c2)C(N)=O)CC1. The van der Waals surface area contributed by atoms with Gasteiger partial charge in [0.05, 0.1) is 6.04 Å². The van der Waals surface area contributed by atoms with Crippen molar-refractivity contribution < 1.29 is 33.5 Å². The van der Waals surface area contributed by atoms with Crippen LogP contribution in [0.2, 0.25) is 0 Å². The average molecular weight is 686 g/mol. The maximum Gasteiger partial charge on any atom is 0.408 e. The van der Waals surface area contributed by atoms with Crippen LogP contribution in [0.5, 0.6) is 0 Å². The summed E-state index contributed by atoms with van der Waals surface area (Å²) in [6.45, 7) is 7.31. The molecule has 266 valence electrons. The van der Waals surface area contributed by atoms with E-state index in [1.165, 1.54) is 0 Å². The van der Waals surface area contributed by atoms with Crippen LogP contribution in [0.4, 0.5) is 4.79 Å². The molecule has 0 aliphatic heterocycles.